The maximum atomic E-state index is 10.5. The molecule has 4 heteroatoms. The lowest BCUT2D eigenvalue weighted by molar-refractivity contribution is -0.296. The van der Waals surface area contributed by atoms with Crippen LogP contribution in [0.5, 0.6) is 0 Å². The van der Waals surface area contributed by atoms with Crippen LogP contribution in [0.2, 0.25) is 0 Å². The first-order valence-corrected chi connectivity index (χ1v) is 4.46. The van der Waals surface area contributed by atoms with E-state index in [4.69, 9.17) is 14.6 Å². The maximum absolute atomic E-state index is 10.5. The van der Waals surface area contributed by atoms with Crippen LogP contribution in [0.25, 0.3) is 0 Å². The van der Waals surface area contributed by atoms with E-state index in [1.807, 2.05) is 6.92 Å². The van der Waals surface area contributed by atoms with E-state index in [1.165, 1.54) is 0 Å². The largest absolute Gasteiger partial charge is 0.481 e. The molecule has 0 spiro atoms. The Hall–Kier alpha value is -0.610. The molecule has 0 unspecified atom stereocenters. The van der Waals surface area contributed by atoms with Gasteiger partial charge >= 0.3 is 5.97 Å². The quantitative estimate of drug-likeness (QED) is 0.711. The van der Waals surface area contributed by atoms with Crippen molar-refractivity contribution in [1.82, 2.24) is 0 Å². The lowest BCUT2D eigenvalue weighted by Crippen LogP contribution is -2.44. The second-order valence-corrected chi connectivity index (χ2v) is 3.90. The van der Waals surface area contributed by atoms with Gasteiger partial charge in [-0.25, -0.2) is 0 Å². The predicted molar refractivity (Wildman–Crippen MR) is 46.4 cm³/mol. The standard InChI is InChI=1S/C9H16O4/c1-6-4-7(5-8(10)11)13-9(2,3)12-6/h6-7H,4-5H2,1-3H3,(H,10,11)/t6-,7-/m1/s1. The van der Waals surface area contributed by atoms with E-state index in [9.17, 15) is 4.79 Å². The zero-order chi connectivity index (χ0) is 10.1. The summed E-state index contributed by atoms with van der Waals surface area (Å²) in [6.07, 6.45) is 0.539. The number of hydrogen-bond acceptors (Lipinski definition) is 3. The number of carboxylic acid groups (broad SMARTS) is 1. The van der Waals surface area contributed by atoms with Crippen LogP contribution in [-0.2, 0) is 14.3 Å². The molecule has 1 rings (SSSR count). The molecule has 13 heavy (non-hydrogen) atoms. The fourth-order valence-electron chi connectivity index (χ4n) is 1.70. The molecule has 0 radical (unpaired) electrons. The van der Waals surface area contributed by atoms with E-state index in [0.29, 0.717) is 6.42 Å². The Balaban J connectivity index is 2.52. The first-order chi connectivity index (χ1) is 5.89. The molecule has 1 N–H and O–H groups in total. The molecule has 1 aliphatic rings. The molecule has 1 saturated heterocycles. The van der Waals surface area contributed by atoms with Crippen molar-refractivity contribution in [2.24, 2.45) is 0 Å². The van der Waals surface area contributed by atoms with Crippen molar-refractivity contribution in [3.63, 3.8) is 0 Å². The molecule has 1 aliphatic heterocycles. The molecule has 0 saturated carbocycles. The minimum Gasteiger partial charge on any atom is -0.481 e. The molecule has 0 amide bonds. The van der Waals surface area contributed by atoms with Gasteiger partial charge in [0.2, 0.25) is 0 Å². The Kier molecular flexibility index (Phi) is 2.93. The molecular weight excluding hydrogens is 172 g/mol. The van der Waals surface area contributed by atoms with E-state index in [0.717, 1.165) is 0 Å². The summed E-state index contributed by atoms with van der Waals surface area (Å²) in [4.78, 5) is 10.5. The third kappa shape index (κ3) is 3.32. The van der Waals surface area contributed by atoms with Crippen molar-refractivity contribution in [2.45, 2.75) is 51.6 Å². The summed E-state index contributed by atoms with van der Waals surface area (Å²) in [5.74, 6) is -1.48. The van der Waals surface area contributed by atoms with Crippen LogP contribution in [0.1, 0.15) is 33.6 Å². The Morgan fingerprint density at radius 3 is 2.62 bits per heavy atom. The predicted octanol–water partition coefficient (Wildman–Crippen LogP) is 1.39. The van der Waals surface area contributed by atoms with Crippen molar-refractivity contribution >= 4 is 5.97 Å². The van der Waals surface area contributed by atoms with Crippen LogP contribution in [0, 0.1) is 0 Å². The minimum absolute atomic E-state index is 0.0527. The van der Waals surface area contributed by atoms with Gasteiger partial charge in [-0.3, -0.25) is 4.79 Å². The molecule has 0 aromatic carbocycles. The molecule has 0 aromatic rings. The minimum atomic E-state index is -0.824. The van der Waals surface area contributed by atoms with Gasteiger partial charge in [0.1, 0.15) is 0 Å². The fourth-order valence-corrected chi connectivity index (χ4v) is 1.70. The van der Waals surface area contributed by atoms with Crippen molar-refractivity contribution in [3.05, 3.63) is 0 Å². The first kappa shape index (κ1) is 10.5. The van der Waals surface area contributed by atoms with Crippen LogP contribution in [-0.4, -0.2) is 29.1 Å². The van der Waals surface area contributed by atoms with Gasteiger partial charge in [0, 0.05) is 6.42 Å². The smallest absolute Gasteiger partial charge is 0.305 e. The normalized spacial score (nSPS) is 32.8. The SMILES string of the molecule is C[C@@H]1C[C@H](CC(=O)O)OC(C)(C)O1. The van der Waals surface area contributed by atoms with Crippen LogP contribution in [0.4, 0.5) is 0 Å². The molecule has 1 fully saturated rings. The second kappa shape index (κ2) is 3.64. The molecule has 4 nitrogen and oxygen atoms in total. The van der Waals surface area contributed by atoms with Gasteiger partial charge in [-0.15, -0.1) is 0 Å². The number of rotatable bonds is 2. The van der Waals surface area contributed by atoms with E-state index < -0.39 is 11.8 Å². The Morgan fingerprint density at radius 1 is 1.54 bits per heavy atom. The third-order valence-electron chi connectivity index (χ3n) is 1.93. The van der Waals surface area contributed by atoms with Gasteiger partial charge in [0.25, 0.3) is 0 Å². The number of aliphatic carboxylic acids is 1. The zero-order valence-corrected chi connectivity index (χ0v) is 8.24. The van der Waals surface area contributed by atoms with E-state index in [-0.39, 0.29) is 18.6 Å². The van der Waals surface area contributed by atoms with Gasteiger partial charge < -0.3 is 14.6 Å². The average Bonchev–Trinajstić information content (AvgIpc) is 1.78. The maximum Gasteiger partial charge on any atom is 0.305 e. The summed E-state index contributed by atoms with van der Waals surface area (Å²) in [6.45, 7) is 5.54. The van der Waals surface area contributed by atoms with Crippen molar-refractivity contribution in [1.29, 1.82) is 0 Å². The Bertz CT molecular complexity index is 200. The highest BCUT2D eigenvalue weighted by Gasteiger charge is 2.34. The number of hydrogen-bond donors (Lipinski definition) is 1. The molecule has 1 heterocycles. The van der Waals surface area contributed by atoms with Gasteiger partial charge in [-0.1, -0.05) is 0 Å². The lowest BCUT2D eigenvalue weighted by Gasteiger charge is -2.39. The van der Waals surface area contributed by atoms with Crippen LogP contribution in [0.15, 0.2) is 0 Å². The van der Waals surface area contributed by atoms with Crippen LogP contribution < -0.4 is 0 Å². The van der Waals surface area contributed by atoms with Crippen LogP contribution in [0.3, 0.4) is 0 Å². The van der Waals surface area contributed by atoms with Gasteiger partial charge in [0.05, 0.1) is 18.6 Å². The summed E-state index contributed by atoms with van der Waals surface area (Å²) in [5.41, 5.74) is 0. The molecule has 2 atom stereocenters. The third-order valence-corrected chi connectivity index (χ3v) is 1.93. The zero-order valence-electron chi connectivity index (χ0n) is 8.24. The fraction of sp³-hybridized carbons (Fsp3) is 0.889. The monoisotopic (exact) mass is 188 g/mol. The average molecular weight is 188 g/mol. The highest BCUT2D eigenvalue weighted by Crippen LogP contribution is 2.27. The number of ether oxygens (including phenoxy) is 2. The molecule has 0 aromatic heterocycles. The summed E-state index contributed by atoms with van der Waals surface area (Å²) in [7, 11) is 0. The van der Waals surface area contributed by atoms with Crippen LogP contribution >= 0.6 is 0 Å². The number of carbonyl (C=O) groups is 1. The summed E-state index contributed by atoms with van der Waals surface area (Å²) >= 11 is 0. The Labute approximate surface area is 77.8 Å². The van der Waals surface area contributed by atoms with Crippen molar-refractivity contribution < 1.29 is 19.4 Å². The lowest BCUT2D eigenvalue weighted by atomic mass is 10.1. The van der Waals surface area contributed by atoms with Gasteiger partial charge in [-0.05, 0) is 20.8 Å². The van der Waals surface area contributed by atoms with Gasteiger partial charge in [0.15, 0.2) is 5.79 Å². The topological polar surface area (TPSA) is 55.8 Å². The first-order valence-electron chi connectivity index (χ1n) is 4.46. The number of carboxylic acids is 1. The molecule has 0 bridgehead atoms. The highest BCUT2D eigenvalue weighted by molar-refractivity contribution is 5.67. The molecular formula is C9H16O4. The molecule has 76 valence electrons. The summed E-state index contributed by atoms with van der Waals surface area (Å²) in [6, 6.07) is 0. The summed E-state index contributed by atoms with van der Waals surface area (Å²) in [5, 5.41) is 8.60. The molecule has 0 aliphatic carbocycles. The summed E-state index contributed by atoms with van der Waals surface area (Å²) < 4.78 is 10.9. The highest BCUT2D eigenvalue weighted by atomic mass is 16.7. The van der Waals surface area contributed by atoms with Crippen molar-refractivity contribution in [2.75, 3.05) is 0 Å². The van der Waals surface area contributed by atoms with Gasteiger partial charge in [-0.2, -0.15) is 0 Å². The van der Waals surface area contributed by atoms with E-state index >= 15 is 0 Å². The van der Waals surface area contributed by atoms with E-state index in [2.05, 4.69) is 0 Å². The second-order valence-electron chi connectivity index (χ2n) is 3.90. The Morgan fingerprint density at radius 2 is 2.15 bits per heavy atom. The van der Waals surface area contributed by atoms with E-state index in [1.54, 1.807) is 13.8 Å². The van der Waals surface area contributed by atoms with Crippen molar-refractivity contribution in [3.8, 4) is 0 Å².